The SMILES string of the molecule is CC1(NC(=O)c2sc3cc(Br)ccc3c2N)CCOCC1. The van der Waals surface area contributed by atoms with Crippen molar-refractivity contribution in [3.8, 4) is 0 Å². The van der Waals surface area contributed by atoms with Crippen molar-refractivity contribution in [2.24, 2.45) is 0 Å². The lowest BCUT2D eigenvalue weighted by molar-refractivity contribution is 0.0424. The number of hydrogen-bond acceptors (Lipinski definition) is 4. The number of halogens is 1. The minimum atomic E-state index is -0.210. The molecule has 1 aromatic carbocycles. The van der Waals surface area contributed by atoms with Gasteiger partial charge in [-0.05, 0) is 31.9 Å². The summed E-state index contributed by atoms with van der Waals surface area (Å²) in [6, 6.07) is 5.87. The van der Waals surface area contributed by atoms with Gasteiger partial charge in [-0.2, -0.15) is 0 Å². The van der Waals surface area contributed by atoms with Gasteiger partial charge in [-0.25, -0.2) is 0 Å². The largest absolute Gasteiger partial charge is 0.397 e. The van der Waals surface area contributed by atoms with E-state index in [0.717, 1.165) is 27.4 Å². The Morgan fingerprint density at radius 1 is 1.43 bits per heavy atom. The standard InChI is InChI=1S/C15H17BrN2O2S/c1-15(4-6-20-7-5-15)18-14(19)13-12(17)10-3-2-9(16)8-11(10)21-13/h2-3,8H,4-7,17H2,1H3,(H,18,19). The average Bonchev–Trinajstić information content (AvgIpc) is 2.76. The van der Waals surface area contributed by atoms with E-state index in [1.54, 1.807) is 0 Å². The normalized spacial score (nSPS) is 17.8. The third kappa shape index (κ3) is 2.93. The van der Waals surface area contributed by atoms with Gasteiger partial charge < -0.3 is 15.8 Å². The van der Waals surface area contributed by atoms with Crippen molar-refractivity contribution >= 4 is 48.9 Å². The van der Waals surface area contributed by atoms with Gasteiger partial charge in [0.15, 0.2) is 0 Å². The van der Waals surface area contributed by atoms with Gasteiger partial charge in [0.2, 0.25) is 0 Å². The fourth-order valence-electron chi connectivity index (χ4n) is 2.54. The molecule has 0 atom stereocenters. The average molecular weight is 369 g/mol. The van der Waals surface area contributed by atoms with Crippen LogP contribution in [0.1, 0.15) is 29.4 Å². The highest BCUT2D eigenvalue weighted by molar-refractivity contribution is 9.10. The maximum absolute atomic E-state index is 12.6. The minimum absolute atomic E-state index is 0.0887. The van der Waals surface area contributed by atoms with Gasteiger partial charge in [0.25, 0.3) is 5.91 Å². The molecule has 1 aliphatic rings. The lowest BCUT2D eigenvalue weighted by Gasteiger charge is -2.34. The summed E-state index contributed by atoms with van der Waals surface area (Å²) >= 11 is 4.88. The molecule has 2 heterocycles. The fraction of sp³-hybridized carbons (Fsp3) is 0.400. The quantitative estimate of drug-likeness (QED) is 0.851. The molecule has 0 radical (unpaired) electrons. The smallest absolute Gasteiger partial charge is 0.263 e. The van der Waals surface area contributed by atoms with E-state index in [0.29, 0.717) is 23.8 Å². The van der Waals surface area contributed by atoms with Crippen molar-refractivity contribution in [1.29, 1.82) is 0 Å². The highest BCUT2D eigenvalue weighted by Gasteiger charge is 2.30. The molecule has 4 nitrogen and oxygen atoms in total. The predicted octanol–water partition coefficient (Wildman–Crippen LogP) is 3.54. The molecule has 3 N–H and O–H groups in total. The predicted molar refractivity (Wildman–Crippen MR) is 89.9 cm³/mol. The molecule has 1 aromatic heterocycles. The number of thiophene rings is 1. The summed E-state index contributed by atoms with van der Waals surface area (Å²) in [4.78, 5) is 13.2. The zero-order valence-electron chi connectivity index (χ0n) is 11.7. The summed E-state index contributed by atoms with van der Waals surface area (Å²) < 4.78 is 7.36. The van der Waals surface area contributed by atoms with Gasteiger partial charge in [0.05, 0.1) is 5.69 Å². The molecule has 3 rings (SSSR count). The van der Waals surface area contributed by atoms with Gasteiger partial charge in [0, 0.05) is 33.3 Å². The van der Waals surface area contributed by atoms with Gasteiger partial charge in [-0.3, -0.25) is 4.79 Å². The molecule has 0 unspecified atom stereocenters. The number of carbonyl (C=O) groups excluding carboxylic acids is 1. The Morgan fingerprint density at radius 3 is 2.86 bits per heavy atom. The van der Waals surface area contributed by atoms with Crippen molar-refractivity contribution in [3.05, 3.63) is 27.5 Å². The van der Waals surface area contributed by atoms with Crippen LogP contribution in [0, 0.1) is 0 Å². The molecule has 0 aliphatic carbocycles. The zero-order valence-corrected chi connectivity index (χ0v) is 14.1. The number of fused-ring (bicyclic) bond motifs is 1. The third-order valence-corrected chi connectivity index (χ3v) is 5.57. The molecule has 0 saturated carbocycles. The topological polar surface area (TPSA) is 64.4 Å². The maximum Gasteiger partial charge on any atom is 0.263 e. The maximum atomic E-state index is 12.6. The number of nitrogens with two attached hydrogens (primary N) is 1. The van der Waals surface area contributed by atoms with Crippen LogP contribution < -0.4 is 11.1 Å². The van der Waals surface area contributed by atoms with E-state index in [-0.39, 0.29) is 11.4 Å². The second-order valence-electron chi connectivity index (χ2n) is 5.61. The summed E-state index contributed by atoms with van der Waals surface area (Å²) in [5.41, 5.74) is 6.50. The Hall–Kier alpha value is -1.11. The van der Waals surface area contributed by atoms with E-state index in [1.807, 2.05) is 18.2 Å². The number of rotatable bonds is 2. The lowest BCUT2D eigenvalue weighted by atomic mass is 9.92. The summed E-state index contributed by atoms with van der Waals surface area (Å²) in [5.74, 6) is -0.0887. The van der Waals surface area contributed by atoms with Crippen LogP contribution in [0.4, 0.5) is 5.69 Å². The third-order valence-electron chi connectivity index (χ3n) is 3.91. The van der Waals surface area contributed by atoms with Crippen molar-refractivity contribution in [2.75, 3.05) is 18.9 Å². The van der Waals surface area contributed by atoms with E-state index < -0.39 is 0 Å². The first kappa shape index (κ1) is 14.8. The monoisotopic (exact) mass is 368 g/mol. The van der Waals surface area contributed by atoms with Crippen LogP contribution in [-0.2, 0) is 4.74 Å². The number of anilines is 1. The summed E-state index contributed by atoms with van der Waals surface area (Å²) in [7, 11) is 0. The zero-order chi connectivity index (χ0) is 15.0. The Balaban J connectivity index is 1.89. The van der Waals surface area contributed by atoms with Gasteiger partial charge in [0.1, 0.15) is 4.88 Å². The molecule has 1 amide bonds. The van der Waals surface area contributed by atoms with Crippen LogP contribution in [-0.4, -0.2) is 24.7 Å². The number of nitrogen functional groups attached to an aromatic ring is 1. The first-order valence-electron chi connectivity index (χ1n) is 6.86. The number of hydrogen-bond donors (Lipinski definition) is 2. The van der Waals surface area contributed by atoms with Crippen molar-refractivity contribution in [3.63, 3.8) is 0 Å². The van der Waals surface area contributed by atoms with Crippen molar-refractivity contribution in [1.82, 2.24) is 5.32 Å². The molecule has 1 aliphatic heterocycles. The first-order valence-corrected chi connectivity index (χ1v) is 8.47. The highest BCUT2D eigenvalue weighted by Crippen LogP contribution is 2.35. The van der Waals surface area contributed by atoms with Gasteiger partial charge >= 0.3 is 0 Å². The van der Waals surface area contributed by atoms with E-state index in [4.69, 9.17) is 10.5 Å². The lowest BCUT2D eigenvalue weighted by Crippen LogP contribution is -2.49. The molecule has 0 bridgehead atoms. The van der Waals surface area contributed by atoms with Crippen LogP contribution in [0.5, 0.6) is 0 Å². The van der Waals surface area contributed by atoms with Crippen LogP contribution in [0.3, 0.4) is 0 Å². The highest BCUT2D eigenvalue weighted by atomic mass is 79.9. The van der Waals surface area contributed by atoms with Crippen molar-refractivity contribution in [2.45, 2.75) is 25.3 Å². The Kier molecular flexibility index (Phi) is 3.94. The van der Waals surface area contributed by atoms with Crippen molar-refractivity contribution < 1.29 is 9.53 Å². The number of nitrogens with one attached hydrogen (secondary N) is 1. The second-order valence-corrected chi connectivity index (χ2v) is 7.58. The van der Waals surface area contributed by atoms with E-state index in [1.165, 1.54) is 11.3 Å². The molecule has 1 fully saturated rings. The molecule has 112 valence electrons. The molecular weight excluding hydrogens is 352 g/mol. The fourth-order valence-corrected chi connectivity index (χ4v) is 4.11. The molecule has 0 spiro atoms. The van der Waals surface area contributed by atoms with Crippen LogP contribution in [0.15, 0.2) is 22.7 Å². The van der Waals surface area contributed by atoms with E-state index in [9.17, 15) is 4.79 Å². The Bertz CT molecular complexity index is 692. The Morgan fingerprint density at radius 2 is 2.14 bits per heavy atom. The van der Waals surface area contributed by atoms with E-state index in [2.05, 4.69) is 28.2 Å². The summed E-state index contributed by atoms with van der Waals surface area (Å²) in [5, 5.41) is 4.06. The number of carbonyl (C=O) groups is 1. The van der Waals surface area contributed by atoms with Crippen LogP contribution >= 0.6 is 27.3 Å². The number of benzene rings is 1. The number of amides is 1. The van der Waals surface area contributed by atoms with Crippen LogP contribution in [0.2, 0.25) is 0 Å². The summed E-state index contributed by atoms with van der Waals surface area (Å²) in [6.07, 6.45) is 1.66. The molecular formula is C15H17BrN2O2S. The Labute approximate surface area is 135 Å². The van der Waals surface area contributed by atoms with E-state index >= 15 is 0 Å². The van der Waals surface area contributed by atoms with Gasteiger partial charge in [-0.15, -0.1) is 11.3 Å². The molecule has 6 heteroatoms. The summed E-state index contributed by atoms with van der Waals surface area (Å²) in [6.45, 7) is 3.44. The van der Waals surface area contributed by atoms with Gasteiger partial charge in [-0.1, -0.05) is 22.0 Å². The first-order chi connectivity index (χ1) is 9.98. The van der Waals surface area contributed by atoms with Crippen LogP contribution in [0.25, 0.3) is 10.1 Å². The molecule has 21 heavy (non-hydrogen) atoms. The molecule has 2 aromatic rings. The number of ether oxygens (including phenoxy) is 1. The second kappa shape index (κ2) is 5.59. The minimum Gasteiger partial charge on any atom is -0.397 e. The molecule has 1 saturated heterocycles.